The molecule has 0 atom stereocenters. The minimum atomic E-state index is 0.201. The van der Waals surface area contributed by atoms with Crippen LogP contribution >= 0.6 is 0 Å². The second-order valence-corrected chi connectivity index (χ2v) is 6.47. The van der Waals surface area contributed by atoms with Crippen molar-refractivity contribution in [2.45, 2.75) is 57.1 Å². The van der Waals surface area contributed by atoms with Crippen LogP contribution in [-0.4, -0.2) is 47.0 Å². The van der Waals surface area contributed by atoms with Crippen LogP contribution in [0.25, 0.3) is 0 Å². The standard InChI is InChI=1S/C16H27N3O/c1-3-4-14-11-17-19(12-14)15-5-9-18(10-6-15)13-16(20-2)7-8-16/h11-12,15H,3-10,13H2,1-2H3. The van der Waals surface area contributed by atoms with Crippen LogP contribution in [0.15, 0.2) is 12.4 Å². The van der Waals surface area contributed by atoms with Gasteiger partial charge in [0.1, 0.15) is 0 Å². The molecule has 1 saturated heterocycles. The van der Waals surface area contributed by atoms with Gasteiger partial charge in [-0.05, 0) is 37.7 Å². The highest BCUT2D eigenvalue weighted by molar-refractivity contribution is 5.05. The Balaban J connectivity index is 1.50. The molecule has 0 unspecified atom stereocenters. The molecule has 0 bridgehead atoms. The molecule has 1 aromatic rings. The first-order valence-electron chi connectivity index (χ1n) is 8.05. The summed E-state index contributed by atoms with van der Waals surface area (Å²) in [6.45, 7) is 5.70. The van der Waals surface area contributed by atoms with Crippen LogP contribution in [0.3, 0.4) is 0 Å². The molecule has 4 heteroatoms. The van der Waals surface area contributed by atoms with E-state index in [0.717, 1.165) is 13.0 Å². The highest BCUT2D eigenvalue weighted by atomic mass is 16.5. The van der Waals surface area contributed by atoms with Crippen molar-refractivity contribution in [1.29, 1.82) is 0 Å². The van der Waals surface area contributed by atoms with E-state index in [4.69, 9.17) is 4.74 Å². The van der Waals surface area contributed by atoms with E-state index in [1.165, 1.54) is 50.8 Å². The summed E-state index contributed by atoms with van der Waals surface area (Å²) < 4.78 is 7.83. The largest absolute Gasteiger partial charge is 0.377 e. The van der Waals surface area contributed by atoms with Gasteiger partial charge in [-0.15, -0.1) is 0 Å². The lowest BCUT2D eigenvalue weighted by Gasteiger charge is -2.34. The molecule has 4 nitrogen and oxygen atoms in total. The molecule has 0 radical (unpaired) electrons. The lowest BCUT2D eigenvalue weighted by atomic mass is 10.0. The Morgan fingerprint density at radius 2 is 2.10 bits per heavy atom. The van der Waals surface area contributed by atoms with E-state index in [2.05, 4.69) is 27.8 Å². The SMILES string of the molecule is CCCc1cnn(C2CCN(CC3(OC)CC3)CC2)c1. The summed E-state index contributed by atoms with van der Waals surface area (Å²) in [5.41, 5.74) is 1.58. The molecule has 1 aliphatic heterocycles. The van der Waals surface area contributed by atoms with E-state index >= 15 is 0 Å². The van der Waals surface area contributed by atoms with Crippen molar-refractivity contribution >= 4 is 0 Å². The van der Waals surface area contributed by atoms with E-state index in [0.29, 0.717) is 6.04 Å². The van der Waals surface area contributed by atoms with E-state index < -0.39 is 0 Å². The van der Waals surface area contributed by atoms with Gasteiger partial charge in [-0.1, -0.05) is 13.3 Å². The first kappa shape index (κ1) is 14.1. The zero-order valence-corrected chi connectivity index (χ0v) is 12.8. The molecular formula is C16H27N3O. The van der Waals surface area contributed by atoms with Crippen LogP contribution in [0.2, 0.25) is 0 Å². The fraction of sp³-hybridized carbons (Fsp3) is 0.812. The lowest BCUT2D eigenvalue weighted by Crippen LogP contribution is -2.41. The topological polar surface area (TPSA) is 30.3 Å². The maximum Gasteiger partial charge on any atom is 0.0807 e. The molecule has 20 heavy (non-hydrogen) atoms. The zero-order chi connectivity index (χ0) is 14.0. The van der Waals surface area contributed by atoms with Crippen molar-refractivity contribution in [3.63, 3.8) is 0 Å². The summed E-state index contributed by atoms with van der Waals surface area (Å²) in [7, 11) is 1.86. The molecule has 1 saturated carbocycles. The van der Waals surface area contributed by atoms with Gasteiger partial charge < -0.3 is 9.64 Å². The summed E-state index contributed by atoms with van der Waals surface area (Å²) in [6.07, 6.45) is 11.5. The number of likely N-dealkylation sites (tertiary alicyclic amines) is 1. The molecular weight excluding hydrogens is 250 g/mol. The molecule has 2 aliphatic rings. The minimum absolute atomic E-state index is 0.201. The Morgan fingerprint density at radius 3 is 2.70 bits per heavy atom. The maximum atomic E-state index is 5.63. The number of hydrogen-bond donors (Lipinski definition) is 0. The fourth-order valence-electron chi connectivity index (χ4n) is 3.31. The number of piperidine rings is 1. The predicted molar refractivity (Wildman–Crippen MR) is 79.9 cm³/mol. The summed E-state index contributed by atoms with van der Waals surface area (Å²) in [4.78, 5) is 2.57. The summed E-state index contributed by atoms with van der Waals surface area (Å²) in [5, 5.41) is 4.56. The summed E-state index contributed by atoms with van der Waals surface area (Å²) >= 11 is 0. The van der Waals surface area contributed by atoms with E-state index in [9.17, 15) is 0 Å². The molecule has 112 valence electrons. The number of nitrogens with zero attached hydrogens (tertiary/aromatic N) is 3. The van der Waals surface area contributed by atoms with Gasteiger partial charge in [-0.25, -0.2) is 0 Å². The Kier molecular flexibility index (Phi) is 4.13. The van der Waals surface area contributed by atoms with Gasteiger partial charge in [0.2, 0.25) is 0 Å². The van der Waals surface area contributed by atoms with Crippen molar-refractivity contribution in [1.82, 2.24) is 14.7 Å². The van der Waals surface area contributed by atoms with Gasteiger partial charge in [-0.2, -0.15) is 5.10 Å². The Labute approximate surface area is 122 Å². The van der Waals surface area contributed by atoms with Crippen LogP contribution in [0.1, 0.15) is 50.6 Å². The molecule has 1 aromatic heterocycles. The summed E-state index contributed by atoms with van der Waals surface area (Å²) in [6, 6.07) is 0.592. The quantitative estimate of drug-likeness (QED) is 0.801. The number of ether oxygens (including phenoxy) is 1. The van der Waals surface area contributed by atoms with E-state index in [-0.39, 0.29) is 5.60 Å². The maximum absolute atomic E-state index is 5.63. The van der Waals surface area contributed by atoms with Gasteiger partial charge in [-0.3, -0.25) is 4.68 Å². The molecule has 0 aromatic carbocycles. The number of rotatable bonds is 6. The van der Waals surface area contributed by atoms with Crippen LogP contribution in [0, 0.1) is 0 Å². The Hall–Kier alpha value is -0.870. The Morgan fingerprint density at radius 1 is 1.35 bits per heavy atom. The monoisotopic (exact) mass is 277 g/mol. The third kappa shape index (κ3) is 3.07. The predicted octanol–water partition coefficient (Wildman–Crippen LogP) is 2.65. The van der Waals surface area contributed by atoms with Crippen molar-refractivity contribution < 1.29 is 4.74 Å². The zero-order valence-electron chi connectivity index (χ0n) is 12.8. The van der Waals surface area contributed by atoms with E-state index in [1.807, 2.05) is 13.3 Å². The van der Waals surface area contributed by atoms with Crippen molar-refractivity contribution in [3.8, 4) is 0 Å². The lowest BCUT2D eigenvalue weighted by molar-refractivity contribution is 0.0326. The molecule has 0 amide bonds. The van der Waals surface area contributed by atoms with Gasteiger partial charge >= 0.3 is 0 Å². The van der Waals surface area contributed by atoms with Crippen LogP contribution in [-0.2, 0) is 11.2 Å². The number of hydrogen-bond acceptors (Lipinski definition) is 3. The highest BCUT2D eigenvalue weighted by Crippen LogP contribution is 2.40. The fourth-order valence-corrected chi connectivity index (χ4v) is 3.31. The van der Waals surface area contributed by atoms with Crippen LogP contribution in [0.4, 0.5) is 0 Å². The normalized spacial score (nSPS) is 23.1. The smallest absolute Gasteiger partial charge is 0.0807 e. The van der Waals surface area contributed by atoms with Gasteiger partial charge in [0, 0.05) is 32.9 Å². The molecule has 2 heterocycles. The molecule has 0 N–H and O–H groups in total. The minimum Gasteiger partial charge on any atom is -0.377 e. The van der Waals surface area contributed by atoms with Crippen molar-refractivity contribution in [3.05, 3.63) is 18.0 Å². The first-order chi connectivity index (χ1) is 9.74. The second kappa shape index (κ2) is 5.86. The average molecular weight is 277 g/mol. The van der Waals surface area contributed by atoms with Crippen LogP contribution in [0.5, 0.6) is 0 Å². The van der Waals surface area contributed by atoms with Gasteiger partial charge in [0.25, 0.3) is 0 Å². The van der Waals surface area contributed by atoms with Gasteiger partial charge in [0.15, 0.2) is 0 Å². The van der Waals surface area contributed by atoms with Crippen molar-refractivity contribution in [2.24, 2.45) is 0 Å². The number of aromatic nitrogens is 2. The number of methoxy groups -OCH3 is 1. The third-order valence-corrected chi connectivity index (χ3v) is 4.88. The molecule has 0 spiro atoms. The van der Waals surface area contributed by atoms with Gasteiger partial charge in [0.05, 0.1) is 17.8 Å². The van der Waals surface area contributed by atoms with Crippen molar-refractivity contribution in [2.75, 3.05) is 26.7 Å². The van der Waals surface area contributed by atoms with E-state index in [1.54, 1.807) is 0 Å². The molecule has 1 aliphatic carbocycles. The highest BCUT2D eigenvalue weighted by Gasteiger charge is 2.44. The number of aryl methyl sites for hydroxylation is 1. The molecule has 3 rings (SSSR count). The first-order valence-corrected chi connectivity index (χ1v) is 8.05. The molecule has 2 fully saturated rings. The average Bonchev–Trinajstić information content (AvgIpc) is 3.09. The second-order valence-electron chi connectivity index (χ2n) is 6.47. The Bertz CT molecular complexity index is 431. The summed E-state index contributed by atoms with van der Waals surface area (Å²) in [5.74, 6) is 0. The van der Waals surface area contributed by atoms with Crippen LogP contribution < -0.4 is 0 Å². The third-order valence-electron chi connectivity index (χ3n) is 4.88.